The third kappa shape index (κ3) is 5.87. The van der Waals surface area contributed by atoms with Crippen molar-refractivity contribution in [1.82, 2.24) is 4.90 Å². The van der Waals surface area contributed by atoms with Crippen molar-refractivity contribution in [2.45, 2.75) is 65.9 Å². The van der Waals surface area contributed by atoms with Gasteiger partial charge in [-0.25, -0.2) is 0 Å². The van der Waals surface area contributed by atoms with E-state index in [2.05, 4.69) is 25.7 Å². The molecule has 0 aliphatic carbocycles. The van der Waals surface area contributed by atoms with Gasteiger partial charge in [-0.1, -0.05) is 20.8 Å². The topological polar surface area (TPSA) is 23.5 Å². The molecule has 2 heteroatoms. The molecule has 17 heavy (non-hydrogen) atoms. The lowest BCUT2D eigenvalue weighted by Gasteiger charge is -2.29. The summed E-state index contributed by atoms with van der Waals surface area (Å²) in [6.45, 7) is 12.7. The molecule has 0 spiro atoms. The SMILES string of the molecule is CC(O)CCCN1CCCC(C(C)(C)C)CC1. The van der Waals surface area contributed by atoms with Gasteiger partial charge in [-0.2, -0.15) is 0 Å². The number of hydrogen-bond donors (Lipinski definition) is 1. The summed E-state index contributed by atoms with van der Waals surface area (Å²) in [6.07, 6.45) is 6.02. The van der Waals surface area contributed by atoms with E-state index >= 15 is 0 Å². The van der Waals surface area contributed by atoms with Crippen LogP contribution in [0.2, 0.25) is 0 Å². The molecule has 0 amide bonds. The Balaban J connectivity index is 2.28. The van der Waals surface area contributed by atoms with Crippen LogP contribution in [0, 0.1) is 11.3 Å². The van der Waals surface area contributed by atoms with E-state index in [9.17, 15) is 5.11 Å². The van der Waals surface area contributed by atoms with Crippen molar-refractivity contribution in [2.24, 2.45) is 11.3 Å². The number of likely N-dealkylation sites (tertiary alicyclic amines) is 1. The number of nitrogens with zero attached hydrogens (tertiary/aromatic N) is 1. The van der Waals surface area contributed by atoms with E-state index in [1.165, 1.54) is 38.9 Å². The third-order valence-electron chi connectivity index (χ3n) is 4.14. The lowest BCUT2D eigenvalue weighted by Crippen LogP contribution is -2.27. The van der Waals surface area contributed by atoms with E-state index in [0.717, 1.165) is 18.8 Å². The first-order chi connectivity index (χ1) is 7.89. The van der Waals surface area contributed by atoms with E-state index in [4.69, 9.17) is 0 Å². The zero-order valence-corrected chi connectivity index (χ0v) is 12.2. The molecule has 102 valence electrons. The second-order valence-corrected chi connectivity index (χ2v) is 6.83. The second-order valence-electron chi connectivity index (χ2n) is 6.83. The largest absolute Gasteiger partial charge is 0.393 e. The van der Waals surface area contributed by atoms with Crippen LogP contribution in [0.25, 0.3) is 0 Å². The summed E-state index contributed by atoms with van der Waals surface area (Å²) in [6, 6.07) is 0. The maximum atomic E-state index is 9.27. The van der Waals surface area contributed by atoms with E-state index in [0.29, 0.717) is 5.41 Å². The van der Waals surface area contributed by atoms with E-state index in [1.807, 2.05) is 6.92 Å². The van der Waals surface area contributed by atoms with Crippen molar-refractivity contribution in [2.75, 3.05) is 19.6 Å². The van der Waals surface area contributed by atoms with Gasteiger partial charge in [0.2, 0.25) is 0 Å². The van der Waals surface area contributed by atoms with Gasteiger partial charge in [0.1, 0.15) is 0 Å². The Kier molecular flexibility index (Phi) is 5.94. The predicted molar refractivity (Wildman–Crippen MR) is 74.2 cm³/mol. The molecule has 0 aromatic carbocycles. The van der Waals surface area contributed by atoms with Crippen molar-refractivity contribution in [3.05, 3.63) is 0 Å². The Morgan fingerprint density at radius 1 is 1.24 bits per heavy atom. The molecule has 0 aromatic heterocycles. The lowest BCUT2D eigenvalue weighted by atomic mass is 9.77. The maximum Gasteiger partial charge on any atom is 0.0512 e. The van der Waals surface area contributed by atoms with Crippen LogP contribution < -0.4 is 0 Å². The molecule has 0 saturated carbocycles. The van der Waals surface area contributed by atoms with Crippen LogP contribution in [0.15, 0.2) is 0 Å². The highest BCUT2D eigenvalue weighted by Gasteiger charge is 2.26. The quantitative estimate of drug-likeness (QED) is 0.816. The lowest BCUT2D eigenvalue weighted by molar-refractivity contribution is 0.169. The minimum absolute atomic E-state index is 0.135. The average molecular weight is 241 g/mol. The Bertz CT molecular complexity index is 207. The maximum absolute atomic E-state index is 9.27. The molecule has 2 unspecified atom stereocenters. The molecule has 0 radical (unpaired) electrons. The normalized spacial score (nSPS) is 25.6. The Morgan fingerprint density at radius 2 is 1.94 bits per heavy atom. The molecule has 1 saturated heterocycles. The number of rotatable bonds is 4. The minimum Gasteiger partial charge on any atom is -0.393 e. The Morgan fingerprint density at radius 3 is 2.53 bits per heavy atom. The molecule has 0 aromatic rings. The summed E-state index contributed by atoms with van der Waals surface area (Å²) in [7, 11) is 0. The van der Waals surface area contributed by atoms with Gasteiger partial charge in [0, 0.05) is 0 Å². The zero-order chi connectivity index (χ0) is 12.9. The highest BCUT2D eigenvalue weighted by atomic mass is 16.3. The number of hydrogen-bond acceptors (Lipinski definition) is 2. The molecule has 1 aliphatic rings. The molecular weight excluding hydrogens is 210 g/mol. The van der Waals surface area contributed by atoms with Crippen LogP contribution in [0.1, 0.15) is 59.8 Å². The molecule has 2 atom stereocenters. The highest BCUT2D eigenvalue weighted by Crippen LogP contribution is 2.34. The van der Waals surface area contributed by atoms with Gasteiger partial charge in [0.05, 0.1) is 6.10 Å². The minimum atomic E-state index is -0.135. The Hall–Kier alpha value is -0.0800. The summed E-state index contributed by atoms with van der Waals surface area (Å²) >= 11 is 0. The van der Waals surface area contributed by atoms with E-state index < -0.39 is 0 Å². The van der Waals surface area contributed by atoms with E-state index in [1.54, 1.807) is 0 Å². The molecule has 1 rings (SSSR count). The Labute approximate surface area is 107 Å². The summed E-state index contributed by atoms with van der Waals surface area (Å²) < 4.78 is 0. The van der Waals surface area contributed by atoms with E-state index in [-0.39, 0.29) is 6.10 Å². The van der Waals surface area contributed by atoms with Crippen LogP contribution in [0.5, 0.6) is 0 Å². The monoisotopic (exact) mass is 241 g/mol. The average Bonchev–Trinajstić information content (AvgIpc) is 2.41. The third-order valence-corrected chi connectivity index (χ3v) is 4.14. The van der Waals surface area contributed by atoms with Gasteiger partial charge < -0.3 is 10.0 Å². The molecule has 1 aliphatic heterocycles. The van der Waals surface area contributed by atoms with Crippen molar-refractivity contribution in [1.29, 1.82) is 0 Å². The van der Waals surface area contributed by atoms with Crippen molar-refractivity contribution in [3.63, 3.8) is 0 Å². The molecule has 1 heterocycles. The molecule has 1 fully saturated rings. The van der Waals surface area contributed by atoms with Crippen LogP contribution >= 0.6 is 0 Å². The van der Waals surface area contributed by atoms with Crippen LogP contribution in [-0.2, 0) is 0 Å². The van der Waals surface area contributed by atoms with Gasteiger partial charge >= 0.3 is 0 Å². The predicted octanol–water partition coefficient (Wildman–Crippen LogP) is 3.30. The summed E-state index contributed by atoms with van der Waals surface area (Å²) in [4.78, 5) is 2.59. The first kappa shape index (κ1) is 15.0. The van der Waals surface area contributed by atoms with Gasteiger partial charge in [-0.15, -0.1) is 0 Å². The van der Waals surface area contributed by atoms with Crippen LogP contribution in [-0.4, -0.2) is 35.7 Å². The van der Waals surface area contributed by atoms with Crippen molar-refractivity contribution < 1.29 is 5.11 Å². The fourth-order valence-electron chi connectivity index (χ4n) is 2.86. The summed E-state index contributed by atoms with van der Waals surface area (Å²) in [5.74, 6) is 0.879. The fourth-order valence-corrected chi connectivity index (χ4v) is 2.86. The van der Waals surface area contributed by atoms with Gasteiger partial charge in [-0.3, -0.25) is 0 Å². The van der Waals surface area contributed by atoms with Gasteiger partial charge in [0.25, 0.3) is 0 Å². The van der Waals surface area contributed by atoms with Crippen molar-refractivity contribution >= 4 is 0 Å². The fraction of sp³-hybridized carbons (Fsp3) is 1.00. The first-order valence-electron chi connectivity index (χ1n) is 7.30. The molecule has 1 N–H and O–H groups in total. The van der Waals surface area contributed by atoms with Crippen LogP contribution in [0.3, 0.4) is 0 Å². The second kappa shape index (κ2) is 6.75. The van der Waals surface area contributed by atoms with Gasteiger partial charge in [-0.05, 0) is 70.0 Å². The number of aliphatic hydroxyl groups is 1. The number of aliphatic hydroxyl groups excluding tert-OH is 1. The molecular formula is C15H31NO. The standard InChI is InChI=1S/C15H31NO/c1-13(17)7-5-10-16-11-6-8-14(9-12-16)15(2,3)4/h13-14,17H,5-12H2,1-4H3. The molecule has 2 nitrogen and oxygen atoms in total. The molecule has 0 bridgehead atoms. The highest BCUT2D eigenvalue weighted by molar-refractivity contribution is 4.78. The summed E-state index contributed by atoms with van der Waals surface area (Å²) in [5, 5.41) is 9.27. The first-order valence-corrected chi connectivity index (χ1v) is 7.30. The van der Waals surface area contributed by atoms with Gasteiger partial charge in [0.15, 0.2) is 0 Å². The summed E-state index contributed by atoms with van der Waals surface area (Å²) in [5.41, 5.74) is 0.468. The van der Waals surface area contributed by atoms with Crippen LogP contribution in [0.4, 0.5) is 0 Å². The van der Waals surface area contributed by atoms with Crippen molar-refractivity contribution in [3.8, 4) is 0 Å². The zero-order valence-electron chi connectivity index (χ0n) is 12.2. The smallest absolute Gasteiger partial charge is 0.0512 e.